The first-order valence-corrected chi connectivity index (χ1v) is 8.80. The standard InChI is InChI=1S/C17H18FNO4S/c1-12(2)19-24(21,22)16-8-6-14(7-9-16)17(20)23-11-13-4-3-5-15(18)10-13/h3-10,12,19H,11H2,1-2H3. The summed E-state index contributed by atoms with van der Waals surface area (Å²) in [4.78, 5) is 12.0. The Bertz CT molecular complexity index is 817. The van der Waals surface area contributed by atoms with Gasteiger partial charge in [0, 0.05) is 6.04 Å². The highest BCUT2D eigenvalue weighted by molar-refractivity contribution is 7.89. The molecule has 2 aromatic carbocycles. The summed E-state index contributed by atoms with van der Waals surface area (Å²) in [5.41, 5.74) is 0.749. The quantitative estimate of drug-likeness (QED) is 0.812. The van der Waals surface area contributed by atoms with Crippen molar-refractivity contribution < 1.29 is 22.3 Å². The van der Waals surface area contributed by atoms with E-state index in [9.17, 15) is 17.6 Å². The molecular weight excluding hydrogens is 333 g/mol. The summed E-state index contributed by atoms with van der Waals surface area (Å²) in [5.74, 6) is -1.02. The minimum Gasteiger partial charge on any atom is -0.457 e. The van der Waals surface area contributed by atoms with Crippen LogP contribution in [0.2, 0.25) is 0 Å². The van der Waals surface area contributed by atoms with Crippen LogP contribution in [0.3, 0.4) is 0 Å². The monoisotopic (exact) mass is 351 g/mol. The van der Waals surface area contributed by atoms with Crippen LogP contribution in [0.25, 0.3) is 0 Å². The molecule has 7 heteroatoms. The van der Waals surface area contributed by atoms with Gasteiger partial charge < -0.3 is 4.74 Å². The topological polar surface area (TPSA) is 72.5 Å². The third-order valence-electron chi connectivity index (χ3n) is 3.05. The molecule has 0 amide bonds. The van der Waals surface area contributed by atoms with Crippen LogP contribution >= 0.6 is 0 Å². The molecule has 0 aromatic heterocycles. The zero-order valence-electron chi connectivity index (χ0n) is 13.3. The maximum Gasteiger partial charge on any atom is 0.338 e. The number of benzene rings is 2. The van der Waals surface area contributed by atoms with E-state index < -0.39 is 21.8 Å². The number of hydrogen-bond donors (Lipinski definition) is 1. The molecule has 2 rings (SSSR count). The van der Waals surface area contributed by atoms with Crippen molar-refractivity contribution in [2.45, 2.75) is 31.4 Å². The Balaban J connectivity index is 2.03. The van der Waals surface area contributed by atoms with Crippen molar-refractivity contribution in [3.8, 4) is 0 Å². The molecule has 0 radical (unpaired) electrons. The summed E-state index contributed by atoms with van der Waals surface area (Å²) < 4.78 is 44.6. The lowest BCUT2D eigenvalue weighted by Crippen LogP contribution is -2.30. The van der Waals surface area contributed by atoms with Gasteiger partial charge in [-0.2, -0.15) is 0 Å². The van der Waals surface area contributed by atoms with Crippen LogP contribution < -0.4 is 4.72 Å². The molecule has 0 atom stereocenters. The first-order chi connectivity index (χ1) is 11.3. The van der Waals surface area contributed by atoms with Gasteiger partial charge in [0.1, 0.15) is 12.4 Å². The summed E-state index contributed by atoms with van der Waals surface area (Å²) in [7, 11) is -3.61. The highest BCUT2D eigenvalue weighted by Gasteiger charge is 2.16. The SMILES string of the molecule is CC(C)NS(=O)(=O)c1ccc(C(=O)OCc2cccc(F)c2)cc1. The molecule has 0 saturated carbocycles. The van der Waals surface area contributed by atoms with E-state index in [0.717, 1.165) is 0 Å². The second-order valence-electron chi connectivity index (χ2n) is 5.51. The van der Waals surface area contributed by atoms with E-state index in [4.69, 9.17) is 4.74 Å². The molecule has 0 aliphatic carbocycles. The van der Waals surface area contributed by atoms with Crippen LogP contribution in [0.1, 0.15) is 29.8 Å². The Hall–Kier alpha value is -2.25. The summed E-state index contributed by atoms with van der Waals surface area (Å²) in [5, 5.41) is 0. The number of carbonyl (C=O) groups excluding carboxylic acids is 1. The number of halogens is 1. The second kappa shape index (κ2) is 7.55. The van der Waals surface area contributed by atoms with Gasteiger partial charge in [0.05, 0.1) is 10.5 Å². The highest BCUT2D eigenvalue weighted by Crippen LogP contribution is 2.13. The average Bonchev–Trinajstić information content (AvgIpc) is 2.51. The molecule has 0 bridgehead atoms. The number of sulfonamides is 1. The number of hydrogen-bond acceptors (Lipinski definition) is 4. The Morgan fingerprint density at radius 1 is 1.17 bits per heavy atom. The maximum atomic E-state index is 13.1. The van der Waals surface area contributed by atoms with Crippen LogP contribution in [0.4, 0.5) is 4.39 Å². The number of rotatable bonds is 6. The Morgan fingerprint density at radius 2 is 1.83 bits per heavy atom. The van der Waals surface area contributed by atoms with Gasteiger partial charge in [0.15, 0.2) is 0 Å². The number of carbonyl (C=O) groups is 1. The summed E-state index contributed by atoms with van der Waals surface area (Å²) in [6, 6.07) is 10.9. The lowest BCUT2D eigenvalue weighted by Gasteiger charge is -2.10. The van der Waals surface area contributed by atoms with Gasteiger partial charge in [-0.15, -0.1) is 0 Å². The zero-order valence-corrected chi connectivity index (χ0v) is 14.1. The molecule has 1 N–H and O–H groups in total. The van der Waals surface area contributed by atoms with Gasteiger partial charge in [-0.1, -0.05) is 12.1 Å². The molecule has 0 spiro atoms. The summed E-state index contributed by atoms with van der Waals surface area (Å²) in [6.07, 6.45) is 0. The van der Waals surface area contributed by atoms with Crippen LogP contribution in [0.5, 0.6) is 0 Å². The first kappa shape index (κ1) is 18.1. The molecule has 0 aliphatic rings. The predicted molar refractivity (Wildman–Crippen MR) is 87.4 cm³/mol. The van der Waals surface area contributed by atoms with Crippen molar-refractivity contribution in [3.63, 3.8) is 0 Å². The maximum absolute atomic E-state index is 13.1. The molecule has 0 heterocycles. The number of ether oxygens (including phenoxy) is 1. The van der Waals surface area contributed by atoms with Gasteiger partial charge in [-0.25, -0.2) is 22.3 Å². The van der Waals surface area contributed by atoms with Gasteiger partial charge in [0.2, 0.25) is 10.0 Å². The minimum absolute atomic E-state index is 0.0639. The van der Waals surface area contributed by atoms with Crippen molar-refractivity contribution in [2.75, 3.05) is 0 Å². The fraction of sp³-hybridized carbons (Fsp3) is 0.235. The molecule has 0 unspecified atom stereocenters. The van der Waals surface area contributed by atoms with E-state index in [0.29, 0.717) is 5.56 Å². The van der Waals surface area contributed by atoms with Crippen molar-refractivity contribution in [1.29, 1.82) is 0 Å². The third-order valence-corrected chi connectivity index (χ3v) is 4.72. The van der Waals surface area contributed by atoms with E-state index in [2.05, 4.69) is 4.72 Å². The van der Waals surface area contributed by atoms with Gasteiger partial charge >= 0.3 is 5.97 Å². The average molecular weight is 351 g/mol. The summed E-state index contributed by atoms with van der Waals surface area (Å²) in [6.45, 7) is 3.37. The number of esters is 1. The third kappa shape index (κ3) is 4.87. The molecule has 2 aromatic rings. The van der Waals surface area contributed by atoms with Crippen molar-refractivity contribution in [3.05, 3.63) is 65.5 Å². The lowest BCUT2D eigenvalue weighted by molar-refractivity contribution is 0.0472. The van der Waals surface area contributed by atoms with Crippen molar-refractivity contribution in [1.82, 2.24) is 4.72 Å². The number of nitrogens with one attached hydrogen (secondary N) is 1. The van der Waals surface area contributed by atoms with Crippen molar-refractivity contribution in [2.24, 2.45) is 0 Å². The lowest BCUT2D eigenvalue weighted by atomic mass is 10.2. The van der Waals surface area contributed by atoms with Gasteiger partial charge in [0.25, 0.3) is 0 Å². The Labute approximate surface area is 140 Å². The van der Waals surface area contributed by atoms with E-state index in [1.165, 1.54) is 42.5 Å². The van der Waals surface area contributed by atoms with Crippen molar-refractivity contribution >= 4 is 16.0 Å². The molecule has 128 valence electrons. The largest absolute Gasteiger partial charge is 0.457 e. The van der Waals surface area contributed by atoms with Crippen LogP contribution in [0.15, 0.2) is 53.4 Å². The fourth-order valence-electron chi connectivity index (χ4n) is 2.01. The zero-order chi connectivity index (χ0) is 17.7. The fourth-order valence-corrected chi connectivity index (χ4v) is 3.26. The molecule has 0 saturated heterocycles. The molecule has 5 nitrogen and oxygen atoms in total. The van der Waals surface area contributed by atoms with E-state index >= 15 is 0 Å². The van der Waals surface area contributed by atoms with Gasteiger partial charge in [-0.3, -0.25) is 0 Å². The second-order valence-corrected chi connectivity index (χ2v) is 7.22. The molecule has 0 aliphatic heterocycles. The van der Waals surface area contributed by atoms with E-state index in [1.807, 2.05) is 0 Å². The molecule has 0 fully saturated rings. The summed E-state index contributed by atoms with van der Waals surface area (Å²) >= 11 is 0. The first-order valence-electron chi connectivity index (χ1n) is 7.32. The highest BCUT2D eigenvalue weighted by atomic mass is 32.2. The Kier molecular flexibility index (Phi) is 5.69. The van der Waals surface area contributed by atoms with Gasteiger partial charge in [-0.05, 0) is 55.8 Å². The van der Waals surface area contributed by atoms with E-state index in [1.54, 1.807) is 19.9 Å². The smallest absolute Gasteiger partial charge is 0.338 e. The van der Waals surface area contributed by atoms with Crippen LogP contribution in [0, 0.1) is 5.82 Å². The molecular formula is C17H18FNO4S. The molecule has 24 heavy (non-hydrogen) atoms. The normalized spacial score (nSPS) is 11.5. The predicted octanol–water partition coefficient (Wildman–Crippen LogP) is 2.87. The Morgan fingerprint density at radius 3 is 2.42 bits per heavy atom. The minimum atomic E-state index is -3.61. The van der Waals surface area contributed by atoms with Crippen LogP contribution in [-0.4, -0.2) is 20.4 Å². The van der Waals surface area contributed by atoms with E-state index in [-0.39, 0.29) is 23.1 Å². The van der Waals surface area contributed by atoms with Crippen LogP contribution in [-0.2, 0) is 21.4 Å².